The molecule has 1 aromatic rings. The average molecular weight is 239 g/mol. The molecule has 0 aliphatic rings. The molecule has 0 fully saturated rings. The zero-order chi connectivity index (χ0) is 13.5. The van der Waals surface area contributed by atoms with Gasteiger partial charge in [-0.3, -0.25) is 4.99 Å². The van der Waals surface area contributed by atoms with Gasteiger partial charge in [0.05, 0.1) is 5.70 Å². The molecule has 1 rings (SSSR count). The Kier molecular flexibility index (Phi) is 5.31. The van der Waals surface area contributed by atoms with E-state index in [1.165, 1.54) is 5.56 Å². The second kappa shape index (κ2) is 6.75. The summed E-state index contributed by atoms with van der Waals surface area (Å²) in [7, 11) is 0. The van der Waals surface area contributed by atoms with Crippen LogP contribution >= 0.6 is 0 Å². The van der Waals surface area contributed by atoms with E-state index < -0.39 is 0 Å². The van der Waals surface area contributed by atoms with Gasteiger partial charge in [0, 0.05) is 5.71 Å². The van der Waals surface area contributed by atoms with Gasteiger partial charge < -0.3 is 0 Å². The summed E-state index contributed by atoms with van der Waals surface area (Å²) in [5.74, 6) is 0. The van der Waals surface area contributed by atoms with Crippen LogP contribution in [0, 0.1) is 6.92 Å². The molecular formula is C17H21N. The number of allylic oxidation sites excluding steroid dienone is 4. The zero-order valence-electron chi connectivity index (χ0n) is 11.7. The molecule has 0 aliphatic carbocycles. The molecule has 1 aromatic carbocycles. The molecule has 0 N–H and O–H groups in total. The first-order chi connectivity index (χ1) is 8.58. The topological polar surface area (TPSA) is 12.4 Å². The maximum absolute atomic E-state index is 4.69. The maximum atomic E-state index is 4.69. The fourth-order valence-corrected chi connectivity index (χ4v) is 1.63. The summed E-state index contributed by atoms with van der Waals surface area (Å²) in [6.07, 6.45) is 5.77. The molecule has 0 bridgehead atoms. The van der Waals surface area contributed by atoms with Crippen LogP contribution in [0.5, 0.6) is 0 Å². The van der Waals surface area contributed by atoms with Crippen molar-refractivity contribution >= 4 is 5.71 Å². The molecule has 1 nitrogen and oxygen atoms in total. The van der Waals surface area contributed by atoms with Gasteiger partial charge in [-0.25, -0.2) is 0 Å². The Balaban J connectivity index is 3.14. The van der Waals surface area contributed by atoms with E-state index in [1.54, 1.807) is 6.08 Å². The molecule has 0 unspecified atom stereocenters. The van der Waals surface area contributed by atoms with Crippen molar-refractivity contribution in [1.29, 1.82) is 0 Å². The lowest BCUT2D eigenvalue weighted by molar-refractivity contribution is 1.26. The molecule has 0 aliphatic heterocycles. The van der Waals surface area contributed by atoms with Crippen LogP contribution in [0.2, 0.25) is 0 Å². The lowest BCUT2D eigenvalue weighted by Crippen LogP contribution is -1.96. The Morgan fingerprint density at radius 3 is 2.56 bits per heavy atom. The highest BCUT2D eigenvalue weighted by atomic mass is 14.8. The van der Waals surface area contributed by atoms with Crippen molar-refractivity contribution < 1.29 is 0 Å². The molecule has 0 spiro atoms. The largest absolute Gasteiger partial charge is 0.253 e. The van der Waals surface area contributed by atoms with Crippen molar-refractivity contribution in [3.8, 4) is 0 Å². The van der Waals surface area contributed by atoms with Gasteiger partial charge in [0.2, 0.25) is 0 Å². The van der Waals surface area contributed by atoms with Gasteiger partial charge in [0.1, 0.15) is 0 Å². The predicted octanol–water partition coefficient (Wildman–Crippen LogP) is 4.84. The van der Waals surface area contributed by atoms with E-state index in [2.05, 4.69) is 55.8 Å². The summed E-state index contributed by atoms with van der Waals surface area (Å²) in [4.78, 5) is 4.69. The number of nitrogens with zero attached hydrogens (tertiary/aromatic N) is 1. The molecule has 0 atom stereocenters. The summed E-state index contributed by atoms with van der Waals surface area (Å²) in [5.41, 5.74) is 5.55. The van der Waals surface area contributed by atoms with Gasteiger partial charge >= 0.3 is 0 Å². The average Bonchev–Trinajstić information content (AvgIpc) is 2.37. The molecule has 0 saturated heterocycles. The van der Waals surface area contributed by atoms with E-state index in [1.807, 2.05) is 19.9 Å². The molecule has 94 valence electrons. The fourth-order valence-electron chi connectivity index (χ4n) is 1.63. The third kappa shape index (κ3) is 3.85. The van der Waals surface area contributed by atoms with Crippen LogP contribution < -0.4 is 0 Å². The van der Waals surface area contributed by atoms with Gasteiger partial charge in [-0.05, 0) is 44.9 Å². The van der Waals surface area contributed by atoms with Crippen LogP contribution in [0.25, 0.3) is 0 Å². The number of benzene rings is 1. The highest BCUT2D eigenvalue weighted by Gasteiger charge is 2.01. The summed E-state index contributed by atoms with van der Waals surface area (Å²) in [6, 6.07) is 8.38. The SMILES string of the molecule is C=C/C=C(N=C(C)c1cccc(C)c1)\C(C)=C/C. The first-order valence-corrected chi connectivity index (χ1v) is 6.16. The second-order valence-electron chi connectivity index (χ2n) is 4.33. The van der Waals surface area contributed by atoms with Crippen LogP contribution in [0.4, 0.5) is 0 Å². The third-order valence-corrected chi connectivity index (χ3v) is 2.84. The van der Waals surface area contributed by atoms with Crippen molar-refractivity contribution in [2.24, 2.45) is 4.99 Å². The second-order valence-corrected chi connectivity index (χ2v) is 4.33. The monoisotopic (exact) mass is 239 g/mol. The molecular weight excluding hydrogens is 218 g/mol. The summed E-state index contributed by atoms with van der Waals surface area (Å²) in [5, 5.41) is 0. The first kappa shape index (κ1) is 14.2. The van der Waals surface area contributed by atoms with Gasteiger partial charge in [-0.1, -0.05) is 48.6 Å². The molecule has 0 amide bonds. The van der Waals surface area contributed by atoms with E-state index in [0.29, 0.717) is 0 Å². The summed E-state index contributed by atoms with van der Waals surface area (Å²) < 4.78 is 0. The fraction of sp³-hybridized carbons (Fsp3) is 0.235. The Labute approximate surface area is 110 Å². The number of hydrogen-bond acceptors (Lipinski definition) is 1. The van der Waals surface area contributed by atoms with Crippen molar-refractivity contribution in [2.45, 2.75) is 27.7 Å². The van der Waals surface area contributed by atoms with Crippen LogP contribution in [0.15, 0.2) is 65.3 Å². The van der Waals surface area contributed by atoms with Gasteiger partial charge in [-0.2, -0.15) is 0 Å². The van der Waals surface area contributed by atoms with E-state index in [0.717, 1.165) is 22.5 Å². The first-order valence-electron chi connectivity index (χ1n) is 6.16. The normalized spacial score (nSPS) is 13.7. The van der Waals surface area contributed by atoms with E-state index in [-0.39, 0.29) is 0 Å². The van der Waals surface area contributed by atoms with Crippen molar-refractivity contribution in [3.63, 3.8) is 0 Å². The molecule has 0 saturated carbocycles. The number of aryl methyl sites for hydroxylation is 1. The molecule has 1 heteroatoms. The Bertz CT molecular complexity index is 516. The van der Waals surface area contributed by atoms with Crippen molar-refractivity contribution in [3.05, 3.63) is 71.5 Å². The lowest BCUT2D eigenvalue weighted by atomic mass is 10.1. The van der Waals surface area contributed by atoms with Crippen LogP contribution in [0.1, 0.15) is 31.9 Å². The third-order valence-electron chi connectivity index (χ3n) is 2.84. The van der Waals surface area contributed by atoms with E-state index in [9.17, 15) is 0 Å². The van der Waals surface area contributed by atoms with Crippen LogP contribution in [-0.4, -0.2) is 5.71 Å². The number of aliphatic imine (C=N–C) groups is 1. The Morgan fingerprint density at radius 1 is 1.28 bits per heavy atom. The smallest absolute Gasteiger partial charge is 0.0658 e. The van der Waals surface area contributed by atoms with Crippen LogP contribution in [-0.2, 0) is 0 Å². The van der Waals surface area contributed by atoms with Gasteiger partial charge in [-0.15, -0.1) is 0 Å². The van der Waals surface area contributed by atoms with Crippen LogP contribution in [0.3, 0.4) is 0 Å². The molecule has 0 heterocycles. The zero-order valence-corrected chi connectivity index (χ0v) is 11.7. The predicted molar refractivity (Wildman–Crippen MR) is 81.1 cm³/mol. The van der Waals surface area contributed by atoms with Crippen molar-refractivity contribution in [1.82, 2.24) is 0 Å². The van der Waals surface area contributed by atoms with E-state index in [4.69, 9.17) is 0 Å². The minimum Gasteiger partial charge on any atom is -0.253 e. The highest BCUT2D eigenvalue weighted by Crippen LogP contribution is 2.14. The summed E-state index contributed by atoms with van der Waals surface area (Å²) >= 11 is 0. The maximum Gasteiger partial charge on any atom is 0.0658 e. The molecule has 0 radical (unpaired) electrons. The number of hydrogen-bond donors (Lipinski definition) is 0. The van der Waals surface area contributed by atoms with Gasteiger partial charge in [0.25, 0.3) is 0 Å². The molecule has 18 heavy (non-hydrogen) atoms. The number of rotatable bonds is 4. The van der Waals surface area contributed by atoms with E-state index >= 15 is 0 Å². The minimum absolute atomic E-state index is 0.964. The summed E-state index contributed by atoms with van der Waals surface area (Å²) in [6.45, 7) is 11.9. The minimum atomic E-state index is 0.964. The molecule has 0 aromatic heterocycles. The standard InChI is InChI=1S/C17H21N/c1-6-9-17(14(4)7-2)18-15(5)16-11-8-10-13(3)12-16/h6-12H,1H2,2-5H3/b14-7-,17-9+,18-15?. The van der Waals surface area contributed by atoms with Gasteiger partial charge in [0.15, 0.2) is 0 Å². The Hall–Kier alpha value is -1.89. The quantitative estimate of drug-likeness (QED) is 0.526. The lowest BCUT2D eigenvalue weighted by Gasteiger charge is -2.05. The highest BCUT2D eigenvalue weighted by molar-refractivity contribution is 5.99. The Morgan fingerprint density at radius 2 is 2.00 bits per heavy atom. The van der Waals surface area contributed by atoms with Crippen molar-refractivity contribution in [2.75, 3.05) is 0 Å².